The van der Waals surface area contributed by atoms with Gasteiger partial charge in [0.2, 0.25) is 5.82 Å². The third kappa shape index (κ3) is 3.02. The maximum absolute atomic E-state index is 5.73. The standard InChI is InChI=1S/C18H15BrN4O2/c1-10(2)24-15-4-3-11(9-14(15)19)18-22-17(23-25-18)13-6-8-21-16-12(13)5-7-20-16/h3-10H,1-2H3,(H,20,21). The first-order valence-corrected chi connectivity index (χ1v) is 8.64. The Morgan fingerprint density at radius 2 is 2.08 bits per heavy atom. The molecule has 25 heavy (non-hydrogen) atoms. The van der Waals surface area contributed by atoms with E-state index in [4.69, 9.17) is 9.26 Å². The van der Waals surface area contributed by atoms with Gasteiger partial charge in [-0.15, -0.1) is 0 Å². The molecule has 4 aromatic rings. The fraction of sp³-hybridized carbons (Fsp3) is 0.167. The quantitative estimate of drug-likeness (QED) is 0.532. The Morgan fingerprint density at radius 3 is 2.88 bits per heavy atom. The van der Waals surface area contributed by atoms with Crippen LogP contribution in [0.15, 0.2) is 51.7 Å². The number of H-pyrrole nitrogens is 1. The van der Waals surface area contributed by atoms with Gasteiger partial charge < -0.3 is 14.2 Å². The van der Waals surface area contributed by atoms with Crippen molar-refractivity contribution in [3.8, 4) is 28.6 Å². The minimum atomic E-state index is 0.104. The van der Waals surface area contributed by atoms with Crippen LogP contribution in [0.5, 0.6) is 5.75 Å². The van der Waals surface area contributed by atoms with E-state index < -0.39 is 0 Å². The molecule has 6 nitrogen and oxygen atoms in total. The number of ether oxygens (including phenoxy) is 1. The lowest BCUT2D eigenvalue weighted by atomic mass is 10.2. The van der Waals surface area contributed by atoms with E-state index in [1.165, 1.54) is 0 Å². The molecule has 0 aliphatic heterocycles. The van der Waals surface area contributed by atoms with Gasteiger partial charge >= 0.3 is 0 Å². The Hall–Kier alpha value is -2.67. The molecule has 3 heterocycles. The van der Waals surface area contributed by atoms with Crippen molar-refractivity contribution in [2.75, 3.05) is 0 Å². The van der Waals surface area contributed by atoms with E-state index >= 15 is 0 Å². The third-order valence-corrected chi connectivity index (χ3v) is 4.29. The summed E-state index contributed by atoms with van der Waals surface area (Å²) in [6, 6.07) is 9.52. The van der Waals surface area contributed by atoms with Crippen LogP contribution in [-0.4, -0.2) is 26.2 Å². The molecule has 0 bridgehead atoms. The molecule has 126 valence electrons. The Kier molecular flexibility index (Phi) is 4.01. The van der Waals surface area contributed by atoms with Gasteiger partial charge in [0.1, 0.15) is 11.4 Å². The van der Waals surface area contributed by atoms with Gasteiger partial charge in [-0.2, -0.15) is 4.98 Å². The van der Waals surface area contributed by atoms with Gasteiger partial charge in [-0.1, -0.05) is 5.16 Å². The SMILES string of the molecule is CC(C)Oc1ccc(-c2nc(-c3ccnc4[nH]ccc34)no2)cc1Br. The molecule has 0 amide bonds. The highest BCUT2D eigenvalue weighted by molar-refractivity contribution is 9.10. The summed E-state index contributed by atoms with van der Waals surface area (Å²) >= 11 is 3.52. The Morgan fingerprint density at radius 1 is 1.20 bits per heavy atom. The van der Waals surface area contributed by atoms with Gasteiger partial charge in [0.05, 0.1) is 10.6 Å². The molecule has 0 unspecified atom stereocenters. The van der Waals surface area contributed by atoms with E-state index in [9.17, 15) is 0 Å². The Balaban J connectivity index is 1.70. The average molecular weight is 399 g/mol. The molecular formula is C18H15BrN4O2. The summed E-state index contributed by atoms with van der Waals surface area (Å²) in [6.45, 7) is 3.97. The monoisotopic (exact) mass is 398 g/mol. The summed E-state index contributed by atoms with van der Waals surface area (Å²) in [5.41, 5.74) is 2.49. The van der Waals surface area contributed by atoms with E-state index in [2.05, 4.69) is 36.0 Å². The lowest BCUT2D eigenvalue weighted by Crippen LogP contribution is -2.05. The molecule has 0 fully saturated rings. The van der Waals surface area contributed by atoms with E-state index in [1.54, 1.807) is 6.20 Å². The molecule has 0 atom stereocenters. The number of halogens is 1. The van der Waals surface area contributed by atoms with Crippen molar-refractivity contribution >= 4 is 27.0 Å². The van der Waals surface area contributed by atoms with Crippen LogP contribution in [0.4, 0.5) is 0 Å². The van der Waals surface area contributed by atoms with Crippen LogP contribution < -0.4 is 4.74 Å². The third-order valence-electron chi connectivity index (χ3n) is 3.67. The molecule has 0 saturated heterocycles. The first-order valence-electron chi connectivity index (χ1n) is 7.84. The van der Waals surface area contributed by atoms with Crippen molar-refractivity contribution in [1.29, 1.82) is 0 Å². The van der Waals surface area contributed by atoms with E-state index in [0.29, 0.717) is 11.7 Å². The second-order valence-corrected chi connectivity index (χ2v) is 6.69. The second-order valence-electron chi connectivity index (χ2n) is 5.83. The number of nitrogens with one attached hydrogen (secondary N) is 1. The highest BCUT2D eigenvalue weighted by Gasteiger charge is 2.15. The molecule has 1 aromatic carbocycles. The zero-order chi connectivity index (χ0) is 17.4. The number of aromatic amines is 1. The molecule has 0 aliphatic rings. The number of benzene rings is 1. The summed E-state index contributed by atoms with van der Waals surface area (Å²) in [6.07, 6.45) is 3.67. The maximum atomic E-state index is 5.73. The van der Waals surface area contributed by atoms with Crippen LogP contribution in [0, 0.1) is 0 Å². The van der Waals surface area contributed by atoms with Crippen molar-refractivity contribution in [2.45, 2.75) is 20.0 Å². The van der Waals surface area contributed by atoms with Crippen molar-refractivity contribution < 1.29 is 9.26 Å². The van der Waals surface area contributed by atoms with Gasteiger partial charge in [-0.25, -0.2) is 4.98 Å². The van der Waals surface area contributed by atoms with Crippen molar-refractivity contribution in [1.82, 2.24) is 20.1 Å². The van der Waals surface area contributed by atoms with E-state index in [-0.39, 0.29) is 6.10 Å². The largest absolute Gasteiger partial charge is 0.490 e. The van der Waals surface area contributed by atoms with Crippen molar-refractivity contribution in [3.63, 3.8) is 0 Å². The second kappa shape index (κ2) is 6.33. The fourth-order valence-corrected chi connectivity index (χ4v) is 3.06. The molecular weight excluding hydrogens is 384 g/mol. The average Bonchev–Trinajstić information content (AvgIpc) is 3.24. The van der Waals surface area contributed by atoms with E-state index in [1.807, 2.05) is 50.4 Å². The van der Waals surface area contributed by atoms with Crippen LogP contribution in [0.1, 0.15) is 13.8 Å². The van der Waals surface area contributed by atoms with Crippen LogP contribution in [0.25, 0.3) is 33.9 Å². The van der Waals surface area contributed by atoms with Gasteiger partial charge in [0.25, 0.3) is 5.89 Å². The molecule has 3 aromatic heterocycles. The minimum Gasteiger partial charge on any atom is -0.490 e. The molecule has 0 saturated carbocycles. The molecule has 0 spiro atoms. The van der Waals surface area contributed by atoms with Gasteiger partial charge in [0, 0.05) is 28.9 Å². The summed E-state index contributed by atoms with van der Waals surface area (Å²) in [7, 11) is 0. The molecule has 0 radical (unpaired) electrons. The van der Waals surface area contributed by atoms with Gasteiger partial charge in [-0.3, -0.25) is 0 Å². The van der Waals surface area contributed by atoms with Gasteiger partial charge in [-0.05, 0) is 60.1 Å². The number of aromatic nitrogens is 4. The number of fused-ring (bicyclic) bond motifs is 1. The lowest BCUT2D eigenvalue weighted by Gasteiger charge is -2.11. The first kappa shape index (κ1) is 15.8. The molecule has 0 aliphatic carbocycles. The molecule has 4 rings (SSSR count). The zero-order valence-electron chi connectivity index (χ0n) is 13.7. The number of hydrogen-bond donors (Lipinski definition) is 1. The van der Waals surface area contributed by atoms with Crippen LogP contribution in [-0.2, 0) is 0 Å². The van der Waals surface area contributed by atoms with E-state index in [0.717, 1.165) is 32.4 Å². The van der Waals surface area contributed by atoms with Crippen molar-refractivity contribution in [3.05, 3.63) is 47.2 Å². The van der Waals surface area contributed by atoms with Crippen molar-refractivity contribution in [2.24, 2.45) is 0 Å². The lowest BCUT2D eigenvalue weighted by molar-refractivity contribution is 0.241. The normalized spacial score (nSPS) is 11.4. The van der Waals surface area contributed by atoms with Crippen LogP contribution >= 0.6 is 15.9 Å². The predicted octanol–water partition coefficient (Wildman–Crippen LogP) is 4.83. The van der Waals surface area contributed by atoms with Crippen LogP contribution in [0.2, 0.25) is 0 Å². The highest BCUT2D eigenvalue weighted by Crippen LogP contribution is 2.32. The smallest absolute Gasteiger partial charge is 0.258 e. The number of nitrogens with zero attached hydrogens (tertiary/aromatic N) is 3. The van der Waals surface area contributed by atoms with Gasteiger partial charge in [0.15, 0.2) is 0 Å². The zero-order valence-corrected chi connectivity index (χ0v) is 15.2. The first-order chi connectivity index (χ1) is 12.1. The Labute approximate surface area is 152 Å². The molecule has 7 heteroatoms. The number of hydrogen-bond acceptors (Lipinski definition) is 5. The topological polar surface area (TPSA) is 76.8 Å². The summed E-state index contributed by atoms with van der Waals surface area (Å²) in [4.78, 5) is 11.9. The van der Waals surface area contributed by atoms with Crippen LogP contribution in [0.3, 0.4) is 0 Å². The predicted molar refractivity (Wildman–Crippen MR) is 98.3 cm³/mol. The Bertz CT molecular complexity index is 1040. The number of rotatable bonds is 4. The number of pyridine rings is 1. The minimum absolute atomic E-state index is 0.104. The maximum Gasteiger partial charge on any atom is 0.258 e. The summed E-state index contributed by atoms with van der Waals surface area (Å²) in [5, 5.41) is 5.07. The summed E-state index contributed by atoms with van der Waals surface area (Å²) < 4.78 is 12.0. The fourth-order valence-electron chi connectivity index (χ4n) is 2.59. The molecule has 1 N–H and O–H groups in total. The summed E-state index contributed by atoms with van der Waals surface area (Å²) in [5.74, 6) is 1.76. The highest BCUT2D eigenvalue weighted by atomic mass is 79.9.